The molecule has 0 aliphatic carbocycles. The summed E-state index contributed by atoms with van der Waals surface area (Å²) in [5, 5.41) is 11.5. The zero-order valence-corrected chi connectivity index (χ0v) is 14.8. The summed E-state index contributed by atoms with van der Waals surface area (Å²) in [5.74, 6) is -1.39. The van der Waals surface area contributed by atoms with E-state index in [1.54, 1.807) is 0 Å². The van der Waals surface area contributed by atoms with Crippen LogP contribution in [0.3, 0.4) is 0 Å². The largest absolute Gasteiger partial charge is 0.480 e. The van der Waals surface area contributed by atoms with Crippen molar-refractivity contribution >= 4 is 11.9 Å². The van der Waals surface area contributed by atoms with Crippen molar-refractivity contribution in [2.24, 2.45) is 0 Å². The number of unbranched alkanes of at least 4 members (excludes halogenated alkanes) is 11. The third-order valence-corrected chi connectivity index (χ3v) is 4.15. The van der Waals surface area contributed by atoms with Crippen molar-refractivity contribution in [1.82, 2.24) is 5.32 Å². The van der Waals surface area contributed by atoms with Crippen LogP contribution in [0.25, 0.3) is 0 Å². The van der Waals surface area contributed by atoms with Crippen molar-refractivity contribution in [3.8, 4) is 0 Å². The summed E-state index contributed by atoms with van der Waals surface area (Å²) in [5.41, 5.74) is 0. The highest BCUT2D eigenvalue weighted by atomic mass is 16.4. The van der Waals surface area contributed by atoms with Gasteiger partial charge in [0, 0.05) is 0 Å². The summed E-state index contributed by atoms with van der Waals surface area (Å²) in [6, 6.07) is -0.788. The minimum Gasteiger partial charge on any atom is -0.480 e. The van der Waals surface area contributed by atoms with Gasteiger partial charge in [0.2, 0.25) is 5.91 Å². The Balaban J connectivity index is 3.44. The van der Waals surface area contributed by atoms with Gasteiger partial charge in [0.1, 0.15) is 6.04 Å². The molecule has 0 bridgehead atoms. The van der Waals surface area contributed by atoms with Crippen molar-refractivity contribution < 1.29 is 14.7 Å². The van der Waals surface area contributed by atoms with Gasteiger partial charge in [-0.2, -0.15) is 0 Å². The molecule has 1 atom stereocenters. The second kappa shape index (κ2) is 15.6. The lowest BCUT2D eigenvalue weighted by atomic mass is 10.0. The first-order chi connectivity index (χ1) is 11.1. The van der Waals surface area contributed by atoms with Gasteiger partial charge in [0.15, 0.2) is 0 Å². The fraction of sp³-hybridized carbons (Fsp3) is 0.789. The smallest absolute Gasteiger partial charge is 0.326 e. The van der Waals surface area contributed by atoms with E-state index in [4.69, 9.17) is 5.11 Å². The molecule has 1 amide bonds. The van der Waals surface area contributed by atoms with Gasteiger partial charge < -0.3 is 10.4 Å². The number of hydrogen-bond acceptors (Lipinski definition) is 2. The van der Waals surface area contributed by atoms with E-state index in [2.05, 4.69) is 18.8 Å². The Hall–Kier alpha value is -1.32. The number of carbonyl (C=O) groups excluding carboxylic acids is 1. The maximum atomic E-state index is 11.2. The number of carboxylic acid groups (broad SMARTS) is 1. The van der Waals surface area contributed by atoms with Gasteiger partial charge in [-0.15, -0.1) is 0 Å². The van der Waals surface area contributed by atoms with Gasteiger partial charge in [-0.25, -0.2) is 4.79 Å². The van der Waals surface area contributed by atoms with Crippen LogP contribution in [0.5, 0.6) is 0 Å². The van der Waals surface area contributed by atoms with E-state index in [0.717, 1.165) is 25.3 Å². The molecule has 4 nitrogen and oxygen atoms in total. The topological polar surface area (TPSA) is 66.4 Å². The monoisotopic (exact) mass is 325 g/mol. The Morgan fingerprint density at radius 3 is 1.74 bits per heavy atom. The predicted octanol–water partition coefficient (Wildman–Crippen LogP) is 4.83. The molecular formula is C19H35NO3. The lowest BCUT2D eigenvalue weighted by molar-refractivity contribution is -0.141. The molecule has 23 heavy (non-hydrogen) atoms. The molecule has 0 heterocycles. The van der Waals surface area contributed by atoms with Crippen molar-refractivity contribution in [2.45, 2.75) is 96.4 Å². The Labute approximate surface area is 141 Å². The fourth-order valence-corrected chi connectivity index (χ4v) is 2.68. The first-order valence-corrected chi connectivity index (χ1v) is 9.27. The average molecular weight is 325 g/mol. The van der Waals surface area contributed by atoms with Crippen LogP contribution >= 0.6 is 0 Å². The first kappa shape index (κ1) is 21.7. The van der Waals surface area contributed by atoms with Crippen molar-refractivity contribution in [1.29, 1.82) is 0 Å². The Morgan fingerprint density at radius 1 is 0.913 bits per heavy atom. The van der Waals surface area contributed by atoms with Crippen molar-refractivity contribution in [2.75, 3.05) is 0 Å². The van der Waals surface area contributed by atoms with Gasteiger partial charge in [0.05, 0.1) is 0 Å². The van der Waals surface area contributed by atoms with Gasteiger partial charge in [0.25, 0.3) is 0 Å². The Morgan fingerprint density at radius 2 is 1.35 bits per heavy atom. The summed E-state index contributed by atoms with van der Waals surface area (Å²) >= 11 is 0. The van der Waals surface area contributed by atoms with E-state index in [1.165, 1.54) is 57.8 Å². The van der Waals surface area contributed by atoms with Crippen LogP contribution in [-0.2, 0) is 9.59 Å². The number of aliphatic carboxylic acids is 1. The summed E-state index contributed by atoms with van der Waals surface area (Å²) in [6.07, 6.45) is 16.6. The molecule has 0 aliphatic heterocycles. The highest BCUT2D eigenvalue weighted by molar-refractivity contribution is 5.90. The lowest BCUT2D eigenvalue weighted by Gasteiger charge is -2.12. The molecule has 4 heteroatoms. The maximum absolute atomic E-state index is 11.2. The Bertz CT molecular complexity index is 329. The molecule has 0 saturated carbocycles. The minimum absolute atomic E-state index is 0.420. The Kier molecular flexibility index (Phi) is 14.7. The van der Waals surface area contributed by atoms with Crippen LogP contribution in [-0.4, -0.2) is 23.0 Å². The molecule has 134 valence electrons. The summed E-state index contributed by atoms with van der Waals surface area (Å²) in [7, 11) is 0. The van der Waals surface area contributed by atoms with Gasteiger partial charge in [-0.3, -0.25) is 4.79 Å². The number of carbonyl (C=O) groups is 2. The van der Waals surface area contributed by atoms with E-state index in [0.29, 0.717) is 6.42 Å². The molecule has 0 aliphatic rings. The first-order valence-electron chi connectivity index (χ1n) is 9.27. The average Bonchev–Trinajstić information content (AvgIpc) is 2.54. The van der Waals surface area contributed by atoms with Crippen LogP contribution < -0.4 is 5.32 Å². The molecular weight excluding hydrogens is 290 g/mol. The number of rotatable bonds is 16. The molecule has 0 fully saturated rings. The van der Waals surface area contributed by atoms with E-state index < -0.39 is 17.9 Å². The van der Waals surface area contributed by atoms with E-state index >= 15 is 0 Å². The molecule has 0 saturated heterocycles. The third-order valence-electron chi connectivity index (χ3n) is 4.15. The molecule has 1 unspecified atom stereocenters. The minimum atomic E-state index is -0.969. The van der Waals surface area contributed by atoms with E-state index in [-0.39, 0.29) is 0 Å². The van der Waals surface area contributed by atoms with E-state index in [1.807, 2.05) is 0 Å². The van der Waals surface area contributed by atoms with Crippen molar-refractivity contribution in [3.63, 3.8) is 0 Å². The van der Waals surface area contributed by atoms with Gasteiger partial charge in [-0.05, 0) is 12.5 Å². The molecule has 0 aromatic rings. The lowest BCUT2D eigenvalue weighted by Crippen LogP contribution is -2.39. The number of hydrogen-bond donors (Lipinski definition) is 2. The van der Waals surface area contributed by atoms with Gasteiger partial charge >= 0.3 is 5.97 Å². The molecule has 0 aromatic carbocycles. The van der Waals surface area contributed by atoms with Crippen molar-refractivity contribution in [3.05, 3.63) is 12.7 Å². The van der Waals surface area contributed by atoms with E-state index in [9.17, 15) is 9.59 Å². The molecule has 0 spiro atoms. The zero-order valence-electron chi connectivity index (χ0n) is 14.8. The van der Waals surface area contributed by atoms with Gasteiger partial charge in [-0.1, -0.05) is 90.6 Å². The number of carboxylic acids is 1. The van der Waals surface area contributed by atoms with Crippen LogP contribution in [0.2, 0.25) is 0 Å². The fourth-order valence-electron chi connectivity index (χ4n) is 2.68. The summed E-state index contributed by atoms with van der Waals surface area (Å²) in [4.78, 5) is 22.2. The molecule has 0 aromatic heterocycles. The number of nitrogens with one attached hydrogen (secondary N) is 1. The molecule has 2 N–H and O–H groups in total. The second-order valence-electron chi connectivity index (χ2n) is 6.28. The van der Waals surface area contributed by atoms with Crippen LogP contribution in [0, 0.1) is 0 Å². The molecule has 0 radical (unpaired) electrons. The van der Waals surface area contributed by atoms with Crippen LogP contribution in [0.1, 0.15) is 90.4 Å². The van der Waals surface area contributed by atoms with Crippen LogP contribution in [0.4, 0.5) is 0 Å². The predicted molar refractivity (Wildman–Crippen MR) is 95.5 cm³/mol. The third kappa shape index (κ3) is 14.0. The highest BCUT2D eigenvalue weighted by Gasteiger charge is 2.17. The quantitative estimate of drug-likeness (QED) is 0.315. The molecule has 0 rings (SSSR count). The SMILES string of the molecule is C=CC(=O)NC(CCCCCCCCCCCCCC)C(=O)O. The standard InChI is InChI=1S/C19H35NO3/c1-3-5-6-7-8-9-10-11-12-13-14-15-16-17(19(22)23)20-18(21)4-2/h4,17H,2-3,5-16H2,1H3,(H,20,21)(H,22,23). The maximum Gasteiger partial charge on any atom is 0.326 e. The number of amides is 1. The highest BCUT2D eigenvalue weighted by Crippen LogP contribution is 2.13. The zero-order chi connectivity index (χ0) is 17.3. The van der Waals surface area contributed by atoms with Crippen LogP contribution in [0.15, 0.2) is 12.7 Å². The summed E-state index contributed by atoms with van der Waals surface area (Å²) < 4.78 is 0. The summed E-state index contributed by atoms with van der Waals surface area (Å²) in [6.45, 7) is 5.58. The normalized spacial score (nSPS) is 11.9. The second-order valence-corrected chi connectivity index (χ2v) is 6.28.